The molecule has 0 saturated carbocycles. The van der Waals surface area contributed by atoms with Gasteiger partial charge in [-0.1, -0.05) is 36.9 Å². The Bertz CT molecular complexity index is 777. The van der Waals surface area contributed by atoms with Crippen LogP contribution >= 0.6 is 0 Å². The SMILES string of the molecule is C=C(Cc1ccccc1)NC(=O)OC[n+]1cccc(C[C@H](N)C(=O)O)c1. The number of hydrogen-bond acceptors (Lipinski definition) is 4. The van der Waals surface area contributed by atoms with E-state index in [2.05, 4.69) is 11.9 Å². The van der Waals surface area contributed by atoms with E-state index in [0.717, 1.165) is 11.1 Å². The fourth-order valence-corrected chi connectivity index (χ4v) is 2.32. The summed E-state index contributed by atoms with van der Waals surface area (Å²) in [7, 11) is 0. The molecule has 1 aromatic heterocycles. The average molecular weight is 356 g/mol. The molecule has 0 saturated heterocycles. The van der Waals surface area contributed by atoms with E-state index in [1.807, 2.05) is 30.3 Å². The molecule has 1 atom stereocenters. The number of alkyl carbamates (subject to hydrolysis) is 1. The Labute approximate surface area is 151 Å². The van der Waals surface area contributed by atoms with Crippen LogP contribution in [0.2, 0.25) is 0 Å². The second kappa shape index (κ2) is 9.33. The first-order valence-electron chi connectivity index (χ1n) is 8.06. The molecule has 0 aliphatic carbocycles. The molecule has 0 fully saturated rings. The minimum Gasteiger partial charge on any atom is -0.480 e. The lowest BCUT2D eigenvalue weighted by molar-refractivity contribution is -0.727. The third kappa shape index (κ3) is 6.37. The number of nitrogens with zero attached hydrogens (tertiary/aromatic N) is 1. The van der Waals surface area contributed by atoms with Crippen molar-refractivity contribution in [2.75, 3.05) is 0 Å². The second-order valence-electron chi connectivity index (χ2n) is 5.83. The highest BCUT2D eigenvalue weighted by Crippen LogP contribution is 2.04. The Morgan fingerprint density at radius 3 is 2.58 bits per heavy atom. The summed E-state index contributed by atoms with van der Waals surface area (Å²) in [6.07, 6.45) is 3.50. The van der Waals surface area contributed by atoms with Crippen molar-refractivity contribution >= 4 is 12.1 Å². The third-order valence-electron chi connectivity index (χ3n) is 3.58. The van der Waals surface area contributed by atoms with Crippen molar-refractivity contribution in [1.82, 2.24) is 5.32 Å². The van der Waals surface area contributed by atoms with Gasteiger partial charge in [0.15, 0.2) is 12.4 Å². The second-order valence-corrected chi connectivity index (χ2v) is 5.83. The lowest BCUT2D eigenvalue weighted by atomic mass is 10.1. The van der Waals surface area contributed by atoms with Crippen molar-refractivity contribution in [3.8, 4) is 0 Å². The molecule has 1 heterocycles. The maximum Gasteiger partial charge on any atom is 0.416 e. The zero-order chi connectivity index (χ0) is 18.9. The van der Waals surface area contributed by atoms with E-state index in [4.69, 9.17) is 15.6 Å². The molecule has 4 N–H and O–H groups in total. The van der Waals surface area contributed by atoms with E-state index in [9.17, 15) is 9.59 Å². The van der Waals surface area contributed by atoms with Crippen LogP contribution in [-0.2, 0) is 29.1 Å². The summed E-state index contributed by atoms with van der Waals surface area (Å²) < 4.78 is 6.78. The largest absolute Gasteiger partial charge is 0.480 e. The lowest BCUT2D eigenvalue weighted by Gasteiger charge is -2.08. The number of amides is 1. The number of nitrogens with one attached hydrogen (secondary N) is 1. The summed E-state index contributed by atoms with van der Waals surface area (Å²) in [5, 5.41) is 11.5. The minimum absolute atomic E-state index is 0.0133. The number of pyridine rings is 1. The van der Waals surface area contributed by atoms with Gasteiger partial charge in [-0.05, 0) is 11.6 Å². The molecule has 0 bridgehead atoms. The van der Waals surface area contributed by atoms with E-state index in [-0.39, 0.29) is 13.2 Å². The van der Waals surface area contributed by atoms with E-state index in [1.165, 1.54) is 0 Å². The van der Waals surface area contributed by atoms with Crippen molar-refractivity contribution in [3.63, 3.8) is 0 Å². The van der Waals surface area contributed by atoms with Crippen LogP contribution in [0.4, 0.5) is 4.79 Å². The zero-order valence-electron chi connectivity index (χ0n) is 14.3. The average Bonchev–Trinajstić information content (AvgIpc) is 2.61. The van der Waals surface area contributed by atoms with Crippen molar-refractivity contribution in [3.05, 3.63) is 78.3 Å². The van der Waals surface area contributed by atoms with Crippen molar-refractivity contribution in [2.45, 2.75) is 25.6 Å². The molecule has 1 aromatic carbocycles. The van der Waals surface area contributed by atoms with Crippen LogP contribution in [0, 0.1) is 0 Å². The molecule has 1 amide bonds. The van der Waals surface area contributed by atoms with Crippen LogP contribution in [0.5, 0.6) is 0 Å². The first kappa shape index (κ1) is 19.1. The summed E-state index contributed by atoms with van der Waals surface area (Å²) in [6, 6.07) is 12.2. The highest BCUT2D eigenvalue weighted by Gasteiger charge is 2.15. The number of benzene rings is 1. The van der Waals surface area contributed by atoms with Gasteiger partial charge in [-0.15, -0.1) is 0 Å². The van der Waals surface area contributed by atoms with Gasteiger partial charge in [0, 0.05) is 30.2 Å². The molecular formula is C19H22N3O4+. The van der Waals surface area contributed by atoms with Crippen LogP contribution in [0.1, 0.15) is 11.1 Å². The lowest BCUT2D eigenvalue weighted by Crippen LogP contribution is -2.39. The predicted octanol–water partition coefficient (Wildman–Crippen LogP) is 1.37. The number of carbonyl (C=O) groups excluding carboxylic acids is 1. The highest BCUT2D eigenvalue weighted by atomic mass is 16.6. The first-order valence-corrected chi connectivity index (χ1v) is 8.06. The topological polar surface area (TPSA) is 106 Å². The van der Waals surface area contributed by atoms with Gasteiger partial charge in [0.05, 0.1) is 0 Å². The predicted molar refractivity (Wildman–Crippen MR) is 94.9 cm³/mol. The summed E-state index contributed by atoms with van der Waals surface area (Å²) in [5.41, 5.74) is 7.83. The van der Waals surface area contributed by atoms with Gasteiger partial charge in [0.1, 0.15) is 6.04 Å². The smallest absolute Gasteiger partial charge is 0.416 e. The van der Waals surface area contributed by atoms with E-state index >= 15 is 0 Å². The standard InChI is InChI=1S/C19H21N3O4/c1-14(10-15-6-3-2-4-7-15)21-19(25)26-13-22-9-5-8-16(12-22)11-17(20)18(23)24/h2-9,12,17H,1,10-11,13,20H2,(H-,21,23,24,25)/p+1/t17-/m0/s1. The molecule has 7 heteroatoms. The van der Waals surface area contributed by atoms with Gasteiger partial charge in [-0.3, -0.25) is 10.1 Å². The molecule has 0 aliphatic heterocycles. The Balaban J connectivity index is 1.81. The number of hydrogen-bond donors (Lipinski definition) is 3. The molecule has 2 rings (SSSR count). The maximum absolute atomic E-state index is 11.9. The van der Waals surface area contributed by atoms with Gasteiger partial charge in [-0.25, -0.2) is 4.79 Å². The highest BCUT2D eigenvalue weighted by molar-refractivity contribution is 5.73. The van der Waals surface area contributed by atoms with Crippen LogP contribution < -0.4 is 15.6 Å². The van der Waals surface area contributed by atoms with Crippen molar-refractivity contribution in [2.24, 2.45) is 5.73 Å². The van der Waals surface area contributed by atoms with Gasteiger partial charge < -0.3 is 15.6 Å². The summed E-state index contributed by atoms with van der Waals surface area (Å²) in [6.45, 7) is 3.81. The number of carboxylic acids is 1. The molecule has 0 radical (unpaired) electrons. The van der Waals surface area contributed by atoms with Gasteiger partial charge in [0.2, 0.25) is 0 Å². The number of allylic oxidation sites excluding steroid dienone is 1. The minimum atomic E-state index is -1.06. The summed E-state index contributed by atoms with van der Waals surface area (Å²) in [4.78, 5) is 22.7. The van der Waals surface area contributed by atoms with Gasteiger partial charge in [0.25, 0.3) is 6.73 Å². The maximum atomic E-state index is 11.9. The van der Waals surface area contributed by atoms with E-state index in [0.29, 0.717) is 12.1 Å². The molecule has 0 aliphatic rings. The van der Waals surface area contributed by atoms with E-state index in [1.54, 1.807) is 29.1 Å². The van der Waals surface area contributed by atoms with Crippen molar-refractivity contribution in [1.29, 1.82) is 0 Å². The normalized spacial score (nSPS) is 11.4. The van der Waals surface area contributed by atoms with Crippen LogP contribution in [-0.4, -0.2) is 23.2 Å². The number of aliphatic carboxylic acids is 1. The summed E-state index contributed by atoms with van der Waals surface area (Å²) >= 11 is 0. The fourth-order valence-electron chi connectivity index (χ4n) is 2.32. The zero-order valence-corrected chi connectivity index (χ0v) is 14.3. The first-order chi connectivity index (χ1) is 12.4. The quantitative estimate of drug-likeness (QED) is 0.620. The summed E-state index contributed by atoms with van der Waals surface area (Å²) in [5.74, 6) is -1.06. The van der Waals surface area contributed by atoms with Crippen LogP contribution in [0.25, 0.3) is 0 Å². The molecular weight excluding hydrogens is 334 g/mol. The van der Waals surface area contributed by atoms with Crippen LogP contribution in [0.15, 0.2) is 67.1 Å². The molecule has 2 aromatic rings. The van der Waals surface area contributed by atoms with Gasteiger partial charge >= 0.3 is 12.1 Å². The Hall–Kier alpha value is -3.19. The Morgan fingerprint density at radius 1 is 1.19 bits per heavy atom. The monoisotopic (exact) mass is 356 g/mol. The molecule has 0 spiro atoms. The number of rotatable bonds is 8. The molecule has 136 valence electrons. The molecule has 0 unspecified atom stereocenters. The molecule has 7 nitrogen and oxygen atoms in total. The van der Waals surface area contributed by atoms with Crippen molar-refractivity contribution < 1.29 is 24.0 Å². The number of carboxylic acid groups (broad SMARTS) is 1. The number of nitrogens with two attached hydrogens (primary N) is 1. The Kier molecular flexibility index (Phi) is 6.87. The van der Waals surface area contributed by atoms with Crippen LogP contribution in [0.3, 0.4) is 0 Å². The number of carbonyl (C=O) groups is 2. The van der Waals surface area contributed by atoms with E-state index < -0.39 is 18.1 Å². The fraction of sp³-hybridized carbons (Fsp3) is 0.211. The molecule has 26 heavy (non-hydrogen) atoms. The number of aromatic nitrogens is 1. The third-order valence-corrected chi connectivity index (χ3v) is 3.58. The Morgan fingerprint density at radius 2 is 1.88 bits per heavy atom. The van der Waals surface area contributed by atoms with Gasteiger partial charge in [-0.2, -0.15) is 4.57 Å². The number of ether oxygens (including phenoxy) is 1.